The Kier molecular flexibility index (Phi) is 5.02. The van der Waals surface area contributed by atoms with Crippen LogP contribution in [0, 0.1) is 11.8 Å². The Balaban J connectivity index is 1.84. The molecule has 0 unspecified atom stereocenters. The minimum absolute atomic E-state index is 0.0245. The van der Waals surface area contributed by atoms with Gasteiger partial charge in [0.05, 0.1) is 6.10 Å². The average molecular weight is 282 g/mol. The van der Waals surface area contributed by atoms with Gasteiger partial charge in [-0.25, -0.2) is 0 Å². The van der Waals surface area contributed by atoms with E-state index in [2.05, 4.69) is 0 Å². The van der Waals surface area contributed by atoms with Crippen molar-refractivity contribution in [3.63, 3.8) is 0 Å². The molecule has 0 aromatic carbocycles. The summed E-state index contributed by atoms with van der Waals surface area (Å²) in [6, 6.07) is 0. The van der Waals surface area contributed by atoms with Gasteiger partial charge < -0.3 is 14.9 Å². The first-order valence-electron chi connectivity index (χ1n) is 7.74. The minimum atomic E-state index is -0.365. The Morgan fingerprint density at radius 1 is 1.05 bits per heavy atom. The molecule has 2 saturated heterocycles. The quantitative estimate of drug-likeness (QED) is 0.817. The fourth-order valence-electron chi connectivity index (χ4n) is 3.13. The van der Waals surface area contributed by atoms with Crippen molar-refractivity contribution in [2.45, 2.75) is 45.6 Å². The van der Waals surface area contributed by atoms with E-state index in [0.29, 0.717) is 19.6 Å². The van der Waals surface area contributed by atoms with Gasteiger partial charge in [0.2, 0.25) is 11.8 Å². The van der Waals surface area contributed by atoms with E-state index < -0.39 is 0 Å². The number of carbonyl (C=O) groups excluding carboxylic acids is 2. The summed E-state index contributed by atoms with van der Waals surface area (Å²) in [7, 11) is 0. The van der Waals surface area contributed by atoms with E-state index in [1.54, 1.807) is 4.90 Å². The summed E-state index contributed by atoms with van der Waals surface area (Å²) < 4.78 is 0. The van der Waals surface area contributed by atoms with Gasteiger partial charge in [0.25, 0.3) is 0 Å². The molecule has 0 aromatic rings. The summed E-state index contributed by atoms with van der Waals surface area (Å²) in [6.45, 7) is 6.43. The molecule has 0 radical (unpaired) electrons. The molecule has 0 aliphatic carbocycles. The molecule has 0 aromatic heterocycles. The first kappa shape index (κ1) is 15.3. The summed E-state index contributed by atoms with van der Waals surface area (Å²) in [5.74, 6) is 0.403. The predicted octanol–water partition coefficient (Wildman–Crippen LogP) is 0.864. The first-order chi connectivity index (χ1) is 9.49. The molecule has 0 spiro atoms. The standard InChI is InChI=1S/C15H26N2O3/c1-11(2)14(19)16-8-5-12(6-9-16)15(20)17-7-3-4-13(18)10-17/h11-13,18H,3-10H2,1-2H3/t13-/m0/s1. The van der Waals surface area contributed by atoms with Crippen LogP contribution >= 0.6 is 0 Å². The largest absolute Gasteiger partial charge is 0.391 e. The summed E-state index contributed by atoms with van der Waals surface area (Å²) in [4.78, 5) is 28.0. The number of hydrogen-bond donors (Lipinski definition) is 1. The van der Waals surface area contributed by atoms with Crippen molar-refractivity contribution in [3.8, 4) is 0 Å². The van der Waals surface area contributed by atoms with Crippen LogP contribution in [0.3, 0.4) is 0 Å². The highest BCUT2D eigenvalue weighted by molar-refractivity contribution is 5.81. The number of rotatable bonds is 2. The van der Waals surface area contributed by atoms with Crippen molar-refractivity contribution in [3.05, 3.63) is 0 Å². The lowest BCUT2D eigenvalue weighted by molar-refractivity contribution is -0.143. The Morgan fingerprint density at radius 2 is 1.70 bits per heavy atom. The van der Waals surface area contributed by atoms with Crippen molar-refractivity contribution in [2.75, 3.05) is 26.2 Å². The van der Waals surface area contributed by atoms with Gasteiger partial charge in [-0.2, -0.15) is 0 Å². The van der Waals surface area contributed by atoms with Crippen LogP contribution in [-0.4, -0.2) is 59.0 Å². The highest BCUT2D eigenvalue weighted by atomic mass is 16.3. The third kappa shape index (κ3) is 3.51. The normalized spacial score (nSPS) is 25.1. The van der Waals surface area contributed by atoms with Crippen molar-refractivity contribution < 1.29 is 14.7 Å². The van der Waals surface area contributed by atoms with E-state index in [1.807, 2.05) is 18.7 Å². The van der Waals surface area contributed by atoms with Gasteiger partial charge in [0, 0.05) is 38.0 Å². The molecule has 2 heterocycles. The molecular weight excluding hydrogens is 256 g/mol. The number of β-amino-alcohol motifs (C(OH)–C–C–N with tert-alkyl or cyclic N) is 1. The molecule has 2 fully saturated rings. The molecule has 5 heteroatoms. The second-order valence-corrected chi connectivity index (χ2v) is 6.33. The number of hydrogen-bond acceptors (Lipinski definition) is 3. The van der Waals surface area contributed by atoms with Crippen LogP contribution in [0.4, 0.5) is 0 Å². The van der Waals surface area contributed by atoms with Gasteiger partial charge >= 0.3 is 0 Å². The monoisotopic (exact) mass is 282 g/mol. The van der Waals surface area contributed by atoms with Crippen LogP contribution in [0.25, 0.3) is 0 Å². The van der Waals surface area contributed by atoms with Crippen molar-refractivity contribution in [2.24, 2.45) is 11.8 Å². The van der Waals surface area contributed by atoms with Crippen LogP contribution < -0.4 is 0 Å². The summed E-state index contributed by atoms with van der Waals surface area (Å²) >= 11 is 0. The number of aliphatic hydroxyl groups is 1. The van der Waals surface area contributed by atoms with Crippen molar-refractivity contribution in [1.29, 1.82) is 0 Å². The summed E-state index contributed by atoms with van der Waals surface area (Å²) in [5, 5.41) is 9.66. The molecule has 5 nitrogen and oxygen atoms in total. The first-order valence-corrected chi connectivity index (χ1v) is 7.74. The molecule has 114 valence electrons. The molecule has 2 aliphatic heterocycles. The molecule has 2 rings (SSSR count). The zero-order chi connectivity index (χ0) is 14.7. The highest BCUT2D eigenvalue weighted by Crippen LogP contribution is 2.22. The second kappa shape index (κ2) is 6.57. The highest BCUT2D eigenvalue weighted by Gasteiger charge is 2.32. The van der Waals surface area contributed by atoms with Crippen molar-refractivity contribution >= 4 is 11.8 Å². The van der Waals surface area contributed by atoms with Gasteiger partial charge in [0.1, 0.15) is 0 Å². The number of piperidine rings is 2. The smallest absolute Gasteiger partial charge is 0.225 e. The van der Waals surface area contributed by atoms with Gasteiger partial charge in [0.15, 0.2) is 0 Å². The number of amides is 2. The average Bonchev–Trinajstić information content (AvgIpc) is 2.46. The predicted molar refractivity (Wildman–Crippen MR) is 76.0 cm³/mol. The van der Waals surface area contributed by atoms with Gasteiger partial charge in [-0.1, -0.05) is 13.8 Å². The van der Waals surface area contributed by atoms with Crippen LogP contribution in [0.15, 0.2) is 0 Å². The Hall–Kier alpha value is -1.10. The lowest BCUT2D eigenvalue weighted by atomic mass is 9.93. The SMILES string of the molecule is CC(C)C(=O)N1CCC(C(=O)N2CCC[C@H](O)C2)CC1. The van der Waals surface area contributed by atoms with Crippen LogP contribution in [0.1, 0.15) is 39.5 Å². The zero-order valence-corrected chi connectivity index (χ0v) is 12.5. The van der Waals surface area contributed by atoms with E-state index in [-0.39, 0.29) is 29.8 Å². The Labute approximate surface area is 120 Å². The topological polar surface area (TPSA) is 60.9 Å². The maximum atomic E-state index is 12.4. The lowest BCUT2D eigenvalue weighted by Gasteiger charge is -2.37. The summed E-state index contributed by atoms with van der Waals surface area (Å²) in [6.07, 6.45) is 2.83. The van der Waals surface area contributed by atoms with Gasteiger partial charge in [-0.3, -0.25) is 9.59 Å². The van der Waals surface area contributed by atoms with E-state index in [0.717, 1.165) is 32.2 Å². The fourth-order valence-corrected chi connectivity index (χ4v) is 3.13. The van der Waals surface area contributed by atoms with Crippen LogP contribution in [-0.2, 0) is 9.59 Å². The molecule has 2 aliphatic rings. The lowest BCUT2D eigenvalue weighted by Crippen LogP contribution is -2.48. The van der Waals surface area contributed by atoms with Gasteiger partial charge in [-0.05, 0) is 25.7 Å². The maximum Gasteiger partial charge on any atom is 0.225 e. The van der Waals surface area contributed by atoms with Crippen molar-refractivity contribution in [1.82, 2.24) is 9.80 Å². The summed E-state index contributed by atoms with van der Waals surface area (Å²) in [5.41, 5.74) is 0. The van der Waals surface area contributed by atoms with E-state index >= 15 is 0 Å². The molecule has 1 atom stereocenters. The molecule has 1 N–H and O–H groups in total. The Bertz CT molecular complexity index is 362. The molecule has 2 amide bonds. The molecule has 0 bridgehead atoms. The second-order valence-electron chi connectivity index (χ2n) is 6.33. The number of carbonyl (C=O) groups is 2. The van der Waals surface area contributed by atoms with Crippen LogP contribution in [0.5, 0.6) is 0 Å². The third-order valence-corrected chi connectivity index (χ3v) is 4.36. The minimum Gasteiger partial charge on any atom is -0.391 e. The number of aliphatic hydroxyl groups excluding tert-OH is 1. The third-order valence-electron chi connectivity index (χ3n) is 4.36. The van der Waals surface area contributed by atoms with Gasteiger partial charge in [-0.15, -0.1) is 0 Å². The molecular formula is C15H26N2O3. The number of nitrogens with zero attached hydrogens (tertiary/aromatic N) is 2. The molecule has 0 saturated carbocycles. The van der Waals surface area contributed by atoms with E-state index in [9.17, 15) is 14.7 Å². The maximum absolute atomic E-state index is 12.4. The zero-order valence-electron chi connectivity index (χ0n) is 12.5. The Morgan fingerprint density at radius 3 is 2.25 bits per heavy atom. The van der Waals surface area contributed by atoms with E-state index in [4.69, 9.17) is 0 Å². The van der Waals surface area contributed by atoms with Crippen LogP contribution in [0.2, 0.25) is 0 Å². The molecule has 20 heavy (non-hydrogen) atoms. The number of likely N-dealkylation sites (tertiary alicyclic amines) is 2. The van der Waals surface area contributed by atoms with E-state index in [1.165, 1.54) is 0 Å². The fraction of sp³-hybridized carbons (Fsp3) is 0.867.